The third kappa shape index (κ3) is 4.33. The number of hydrogen-bond donors (Lipinski definition) is 2. The number of aryl methyl sites for hydroxylation is 2. The average Bonchev–Trinajstić information content (AvgIpc) is 2.43. The Morgan fingerprint density at radius 3 is 1.24 bits per heavy atom. The molecule has 0 saturated heterocycles. The van der Waals surface area contributed by atoms with Crippen molar-refractivity contribution in [2.75, 3.05) is 0 Å². The lowest BCUT2D eigenvalue weighted by Gasteiger charge is -2.24. The van der Waals surface area contributed by atoms with Crippen molar-refractivity contribution in [3.8, 4) is 11.5 Å². The summed E-state index contributed by atoms with van der Waals surface area (Å²) in [7, 11) is 0. The molecule has 2 N–H and O–H groups in total. The Hall–Kier alpha value is -1.61. The third-order valence-corrected chi connectivity index (χ3v) is 5.54. The molecule has 0 heterocycles. The molecule has 0 unspecified atom stereocenters. The van der Waals surface area contributed by atoms with E-state index in [0.29, 0.717) is 0 Å². The van der Waals surface area contributed by atoms with E-state index in [1.807, 2.05) is 24.3 Å². The zero-order valence-electron chi connectivity index (χ0n) is 16.6. The van der Waals surface area contributed by atoms with Crippen LogP contribution < -0.4 is 0 Å². The van der Waals surface area contributed by atoms with Crippen LogP contribution in [0.2, 0.25) is 0 Å². The van der Waals surface area contributed by atoms with Gasteiger partial charge in [-0.2, -0.15) is 0 Å². The first-order valence-corrected chi connectivity index (χ1v) is 9.48. The van der Waals surface area contributed by atoms with Gasteiger partial charge in [-0.15, -0.1) is 0 Å². The Morgan fingerprint density at radius 2 is 0.960 bits per heavy atom. The molecular formula is C22H30O2S. The van der Waals surface area contributed by atoms with Crippen molar-refractivity contribution < 1.29 is 10.2 Å². The van der Waals surface area contributed by atoms with E-state index in [0.717, 1.165) is 32.0 Å². The minimum Gasteiger partial charge on any atom is -0.507 e. The minimum atomic E-state index is -0.0160. The summed E-state index contributed by atoms with van der Waals surface area (Å²) in [5, 5.41) is 21.0. The predicted molar refractivity (Wildman–Crippen MR) is 107 cm³/mol. The highest BCUT2D eigenvalue weighted by Gasteiger charge is 2.21. The standard InChI is InChI=1S/C22H30O2S/c1-13-9-19(17(23)11-15(13)21(3,4)5)25-20-10-14(2)16(12-18(20)24)22(6,7)8/h9-12,23-24H,1-8H3. The Kier molecular flexibility index (Phi) is 5.21. The van der Waals surface area contributed by atoms with Crippen LogP contribution in [-0.2, 0) is 10.8 Å². The first-order chi connectivity index (χ1) is 11.3. The fourth-order valence-corrected chi connectivity index (χ4v) is 4.27. The maximum Gasteiger partial charge on any atom is 0.129 e. The first kappa shape index (κ1) is 19.7. The molecule has 0 spiro atoms. The second-order valence-electron chi connectivity index (χ2n) is 8.87. The van der Waals surface area contributed by atoms with E-state index in [-0.39, 0.29) is 22.3 Å². The van der Waals surface area contributed by atoms with E-state index >= 15 is 0 Å². The van der Waals surface area contributed by atoms with Gasteiger partial charge in [0.05, 0.1) is 9.79 Å². The van der Waals surface area contributed by atoms with E-state index in [1.54, 1.807) is 0 Å². The van der Waals surface area contributed by atoms with Gasteiger partial charge in [0.15, 0.2) is 0 Å². The molecule has 0 bridgehead atoms. The summed E-state index contributed by atoms with van der Waals surface area (Å²) in [5.74, 6) is 0.523. The van der Waals surface area contributed by atoms with Gasteiger partial charge in [0.25, 0.3) is 0 Å². The molecule has 0 fully saturated rings. The highest BCUT2D eigenvalue weighted by molar-refractivity contribution is 7.99. The smallest absolute Gasteiger partial charge is 0.129 e. The molecule has 0 aromatic heterocycles. The monoisotopic (exact) mass is 358 g/mol. The SMILES string of the molecule is Cc1cc(Sc2cc(C)c(C(C)(C)C)cc2O)c(O)cc1C(C)(C)C. The molecule has 2 aromatic rings. The van der Waals surface area contributed by atoms with Crippen molar-refractivity contribution in [2.24, 2.45) is 0 Å². The molecule has 0 aliphatic carbocycles. The number of aromatic hydroxyl groups is 2. The van der Waals surface area contributed by atoms with E-state index in [1.165, 1.54) is 11.8 Å². The van der Waals surface area contributed by atoms with Crippen LogP contribution in [0.15, 0.2) is 34.1 Å². The van der Waals surface area contributed by atoms with Crippen molar-refractivity contribution in [3.63, 3.8) is 0 Å². The Morgan fingerprint density at radius 1 is 0.640 bits per heavy atom. The number of phenols is 2. The van der Waals surface area contributed by atoms with Crippen molar-refractivity contribution in [1.29, 1.82) is 0 Å². The second kappa shape index (κ2) is 6.60. The van der Waals surface area contributed by atoms with Gasteiger partial charge in [-0.25, -0.2) is 0 Å². The van der Waals surface area contributed by atoms with Gasteiger partial charge < -0.3 is 10.2 Å². The van der Waals surface area contributed by atoms with Crippen LogP contribution in [0.5, 0.6) is 11.5 Å². The Balaban J connectivity index is 2.44. The molecule has 2 aromatic carbocycles. The maximum atomic E-state index is 10.5. The summed E-state index contributed by atoms with van der Waals surface area (Å²) in [6.07, 6.45) is 0. The van der Waals surface area contributed by atoms with Crippen LogP contribution in [0, 0.1) is 13.8 Å². The molecule has 0 amide bonds. The van der Waals surface area contributed by atoms with Crippen LogP contribution in [0.4, 0.5) is 0 Å². The Bertz CT molecular complexity index is 726. The van der Waals surface area contributed by atoms with Gasteiger partial charge in [0, 0.05) is 0 Å². The van der Waals surface area contributed by atoms with E-state index in [2.05, 4.69) is 55.4 Å². The van der Waals surface area contributed by atoms with Crippen molar-refractivity contribution >= 4 is 11.8 Å². The van der Waals surface area contributed by atoms with Crippen LogP contribution in [0.25, 0.3) is 0 Å². The van der Waals surface area contributed by atoms with Crippen LogP contribution >= 0.6 is 11.8 Å². The molecule has 0 radical (unpaired) electrons. The normalized spacial score (nSPS) is 12.5. The molecule has 0 saturated carbocycles. The van der Waals surface area contributed by atoms with Gasteiger partial charge in [-0.05, 0) is 71.2 Å². The van der Waals surface area contributed by atoms with Gasteiger partial charge in [-0.1, -0.05) is 53.3 Å². The summed E-state index contributed by atoms with van der Waals surface area (Å²) in [4.78, 5) is 1.53. The topological polar surface area (TPSA) is 40.5 Å². The van der Waals surface area contributed by atoms with Crippen LogP contribution in [0.3, 0.4) is 0 Å². The fourth-order valence-electron chi connectivity index (χ4n) is 3.24. The largest absolute Gasteiger partial charge is 0.507 e. The third-order valence-electron chi connectivity index (χ3n) is 4.45. The molecule has 0 aliphatic heterocycles. The molecule has 2 nitrogen and oxygen atoms in total. The zero-order valence-corrected chi connectivity index (χ0v) is 17.4. The van der Waals surface area contributed by atoms with Crippen LogP contribution in [0.1, 0.15) is 63.8 Å². The van der Waals surface area contributed by atoms with Crippen molar-refractivity contribution in [1.82, 2.24) is 0 Å². The van der Waals surface area contributed by atoms with E-state index in [4.69, 9.17) is 0 Å². The summed E-state index contributed by atoms with van der Waals surface area (Å²) in [5.41, 5.74) is 4.54. The second-order valence-corrected chi connectivity index (χ2v) is 9.96. The molecule has 25 heavy (non-hydrogen) atoms. The molecular weight excluding hydrogens is 328 g/mol. The summed E-state index contributed by atoms with van der Waals surface area (Å²) < 4.78 is 0. The molecule has 3 heteroatoms. The lowest BCUT2D eigenvalue weighted by Crippen LogP contribution is -2.13. The Labute approximate surface area is 156 Å². The fraction of sp³-hybridized carbons (Fsp3) is 0.455. The molecule has 0 aliphatic rings. The summed E-state index contributed by atoms with van der Waals surface area (Å²) >= 11 is 1.41. The maximum absolute atomic E-state index is 10.5. The zero-order chi connectivity index (χ0) is 19.2. The van der Waals surface area contributed by atoms with Gasteiger partial charge >= 0.3 is 0 Å². The van der Waals surface area contributed by atoms with Crippen LogP contribution in [-0.4, -0.2) is 10.2 Å². The summed E-state index contributed by atoms with van der Waals surface area (Å²) in [6, 6.07) is 7.72. The van der Waals surface area contributed by atoms with Gasteiger partial charge in [0.2, 0.25) is 0 Å². The van der Waals surface area contributed by atoms with Gasteiger partial charge in [0.1, 0.15) is 11.5 Å². The average molecular weight is 359 g/mol. The quantitative estimate of drug-likeness (QED) is 0.647. The van der Waals surface area contributed by atoms with E-state index < -0.39 is 0 Å². The molecule has 136 valence electrons. The number of benzene rings is 2. The van der Waals surface area contributed by atoms with Crippen molar-refractivity contribution in [2.45, 2.75) is 76.0 Å². The lowest BCUT2D eigenvalue weighted by atomic mass is 9.84. The van der Waals surface area contributed by atoms with Gasteiger partial charge in [-0.3, -0.25) is 0 Å². The van der Waals surface area contributed by atoms with E-state index in [9.17, 15) is 10.2 Å². The lowest BCUT2D eigenvalue weighted by molar-refractivity contribution is 0.454. The first-order valence-electron chi connectivity index (χ1n) is 8.66. The predicted octanol–water partition coefficient (Wildman–Crippen LogP) is 6.46. The number of hydrogen-bond acceptors (Lipinski definition) is 3. The highest BCUT2D eigenvalue weighted by atomic mass is 32.2. The number of phenolic OH excluding ortho intramolecular Hbond substituents is 2. The van der Waals surface area contributed by atoms with Crippen molar-refractivity contribution in [3.05, 3.63) is 46.5 Å². The highest BCUT2D eigenvalue weighted by Crippen LogP contribution is 2.43. The minimum absolute atomic E-state index is 0.0160. The molecule has 0 atom stereocenters. The number of rotatable bonds is 2. The summed E-state index contributed by atoms with van der Waals surface area (Å²) in [6.45, 7) is 17.0. The molecule has 2 rings (SSSR count).